The van der Waals surface area contributed by atoms with Gasteiger partial charge in [-0.1, -0.05) is 23.2 Å². The van der Waals surface area contributed by atoms with Crippen molar-refractivity contribution >= 4 is 35.4 Å². The van der Waals surface area contributed by atoms with E-state index >= 15 is 0 Å². The van der Waals surface area contributed by atoms with E-state index in [9.17, 15) is 0 Å². The van der Waals surface area contributed by atoms with Gasteiger partial charge in [-0.15, -0.1) is 0 Å². The first kappa shape index (κ1) is 23.9. The van der Waals surface area contributed by atoms with Gasteiger partial charge < -0.3 is 26.2 Å². The highest BCUT2D eigenvalue weighted by molar-refractivity contribution is 6.31. The van der Waals surface area contributed by atoms with Crippen LogP contribution in [0, 0.1) is 0 Å². The van der Waals surface area contributed by atoms with Crippen molar-refractivity contribution in [2.75, 3.05) is 20.1 Å². The minimum absolute atomic E-state index is 0.250. The number of likely N-dealkylation sites (tertiary alicyclic amines) is 1. The highest BCUT2D eigenvalue weighted by Crippen LogP contribution is 2.24. The molecule has 2 aromatic rings. The summed E-state index contributed by atoms with van der Waals surface area (Å²) in [7, 11) is 2.19. The molecular weight excluding hydrogens is 382 g/mol. The zero-order valence-corrected chi connectivity index (χ0v) is 17.0. The van der Waals surface area contributed by atoms with Gasteiger partial charge in [-0.25, -0.2) is 0 Å². The third-order valence-electron chi connectivity index (χ3n) is 4.22. The molecule has 1 saturated heterocycles. The molecule has 1 saturated carbocycles. The normalized spacial score (nSPS) is 15.8. The molecule has 2 amide bonds. The smallest absolute Gasteiger partial charge is 0.204 e. The Balaban J connectivity index is 0.000000252. The second-order valence-electron chi connectivity index (χ2n) is 6.56. The van der Waals surface area contributed by atoms with Crippen LogP contribution in [0.4, 0.5) is 0 Å². The maximum Gasteiger partial charge on any atom is 0.204 e. The van der Waals surface area contributed by atoms with Crippen LogP contribution < -0.4 is 16.8 Å². The van der Waals surface area contributed by atoms with Gasteiger partial charge in [-0.2, -0.15) is 0 Å². The van der Waals surface area contributed by atoms with Gasteiger partial charge in [-0.3, -0.25) is 9.59 Å². The lowest BCUT2D eigenvalue weighted by atomic mass is 10.1. The molecule has 2 fully saturated rings. The van der Waals surface area contributed by atoms with Crippen LogP contribution in [0.2, 0.25) is 5.02 Å². The molecule has 5 N–H and O–H groups in total. The summed E-state index contributed by atoms with van der Waals surface area (Å²) < 4.78 is 5.21. The van der Waals surface area contributed by atoms with E-state index in [1.165, 1.54) is 45.2 Å². The van der Waals surface area contributed by atoms with E-state index in [-0.39, 0.29) is 12.8 Å². The first-order chi connectivity index (χ1) is 13.5. The summed E-state index contributed by atoms with van der Waals surface area (Å²) in [6.45, 7) is 3.40. The number of hydrogen-bond acceptors (Lipinski definition) is 6. The minimum atomic E-state index is 0.250. The van der Waals surface area contributed by atoms with Gasteiger partial charge >= 0.3 is 0 Å². The van der Waals surface area contributed by atoms with Crippen LogP contribution in [-0.4, -0.2) is 49.1 Å². The molecule has 1 aliphatic carbocycles. The van der Waals surface area contributed by atoms with Crippen molar-refractivity contribution in [2.24, 2.45) is 11.5 Å². The van der Waals surface area contributed by atoms with Crippen molar-refractivity contribution in [1.29, 1.82) is 0 Å². The van der Waals surface area contributed by atoms with E-state index in [0.717, 1.165) is 28.2 Å². The number of carbonyl (C=O) groups is 2. The van der Waals surface area contributed by atoms with Gasteiger partial charge in [0, 0.05) is 23.0 Å². The zero-order valence-electron chi connectivity index (χ0n) is 16.3. The molecule has 0 bridgehead atoms. The summed E-state index contributed by atoms with van der Waals surface area (Å²) in [5.74, 6) is 0. The van der Waals surface area contributed by atoms with E-state index in [1.807, 2.05) is 18.2 Å². The topological polar surface area (TPSA) is 127 Å². The average Bonchev–Trinajstić information content (AvgIpc) is 3.42. The van der Waals surface area contributed by atoms with Gasteiger partial charge in [0.15, 0.2) is 5.58 Å². The Morgan fingerprint density at radius 1 is 1.21 bits per heavy atom. The molecule has 4 rings (SSSR count). The Morgan fingerprint density at radius 2 is 1.82 bits per heavy atom. The van der Waals surface area contributed by atoms with Crippen LogP contribution in [0.5, 0.6) is 0 Å². The maximum absolute atomic E-state index is 8.58. The monoisotopic (exact) mass is 411 g/mol. The summed E-state index contributed by atoms with van der Waals surface area (Å²) in [6, 6.07) is 6.24. The van der Waals surface area contributed by atoms with E-state index in [4.69, 9.17) is 25.7 Å². The van der Waals surface area contributed by atoms with Gasteiger partial charge in [-0.05, 0) is 64.0 Å². The Kier molecular flexibility index (Phi) is 11.9. The van der Waals surface area contributed by atoms with E-state index in [2.05, 4.69) is 33.9 Å². The van der Waals surface area contributed by atoms with Gasteiger partial charge in [0.25, 0.3) is 0 Å². The van der Waals surface area contributed by atoms with E-state index in [1.54, 1.807) is 0 Å². The largest absolute Gasteiger partial charge is 0.372 e. The number of nitrogens with two attached hydrogens (primary N) is 2. The fourth-order valence-corrected chi connectivity index (χ4v) is 2.84. The number of amides is 2. The number of benzene rings is 1. The number of halogens is 1. The number of piperidine rings is 1. The number of nitrogens with zero attached hydrogens (tertiary/aromatic N) is 2. The minimum Gasteiger partial charge on any atom is -0.372 e. The molecule has 1 aliphatic heterocycles. The predicted molar refractivity (Wildman–Crippen MR) is 111 cm³/mol. The molecule has 9 heteroatoms. The number of nitrogens with one attached hydrogen (secondary N) is 1. The van der Waals surface area contributed by atoms with Gasteiger partial charge in [0.1, 0.15) is 5.69 Å². The number of aromatic nitrogens is 1. The van der Waals surface area contributed by atoms with Crippen molar-refractivity contribution in [3.63, 3.8) is 0 Å². The number of carbonyl (C=O) groups excluding carboxylic acids is 2. The molecule has 1 aromatic carbocycles. The molecule has 1 aromatic heterocycles. The summed E-state index contributed by atoms with van der Waals surface area (Å²) in [5, 5.41) is 9.18. The fraction of sp³-hybridized carbons (Fsp3) is 0.526. The lowest BCUT2D eigenvalue weighted by Crippen LogP contribution is -2.24. The lowest BCUT2D eigenvalue weighted by Gasteiger charge is -2.20. The third kappa shape index (κ3) is 9.68. The van der Waals surface area contributed by atoms with Gasteiger partial charge in [0.2, 0.25) is 12.8 Å². The Bertz CT molecular complexity index is 694. The summed E-state index contributed by atoms with van der Waals surface area (Å²) in [4.78, 5) is 19.6. The SMILES string of the molecule is CN1CCCCC1.Clc1ccc2onc(CNC3CC3)c2c1.NC=O.NC=O. The summed E-state index contributed by atoms with van der Waals surface area (Å²) >= 11 is 5.93. The number of fused-ring (bicyclic) bond motifs is 1. The molecule has 2 aliphatic rings. The molecule has 0 unspecified atom stereocenters. The molecule has 0 radical (unpaired) electrons. The second-order valence-corrected chi connectivity index (χ2v) is 7.00. The highest BCUT2D eigenvalue weighted by atomic mass is 35.5. The molecular formula is C19H30ClN5O3. The molecule has 156 valence electrons. The van der Waals surface area contributed by atoms with E-state index in [0.29, 0.717) is 6.04 Å². The predicted octanol–water partition coefficient (Wildman–Crippen LogP) is 2.04. The summed E-state index contributed by atoms with van der Waals surface area (Å²) in [6.07, 6.45) is 7.32. The standard InChI is InChI=1S/C11H11ClN2O.C6H13N.2CH3NO/c12-7-1-4-11-9(5-7)10(14-15-11)6-13-8-2-3-8;1-7-5-3-2-4-6-7;2*2-1-3/h1,4-5,8,13H,2-3,6H2;2-6H2,1H3;2*1H,(H2,2,3). The fourth-order valence-electron chi connectivity index (χ4n) is 2.67. The van der Waals surface area contributed by atoms with Gasteiger partial charge in [0.05, 0.1) is 0 Å². The summed E-state index contributed by atoms with van der Waals surface area (Å²) in [5.41, 5.74) is 10.1. The number of hydrogen-bond donors (Lipinski definition) is 3. The molecule has 0 atom stereocenters. The lowest BCUT2D eigenvalue weighted by molar-refractivity contribution is -0.107. The van der Waals surface area contributed by atoms with Crippen LogP contribution in [-0.2, 0) is 16.1 Å². The van der Waals surface area contributed by atoms with E-state index < -0.39 is 0 Å². The quantitative estimate of drug-likeness (QED) is 0.663. The van der Waals surface area contributed by atoms with Crippen molar-refractivity contribution in [2.45, 2.75) is 44.7 Å². The number of rotatable bonds is 3. The average molecular weight is 412 g/mol. The maximum atomic E-state index is 8.58. The van der Waals surface area contributed by atoms with Crippen molar-refractivity contribution in [3.05, 3.63) is 28.9 Å². The highest BCUT2D eigenvalue weighted by Gasteiger charge is 2.21. The van der Waals surface area contributed by atoms with Crippen molar-refractivity contribution < 1.29 is 14.1 Å². The van der Waals surface area contributed by atoms with Crippen LogP contribution in [0.15, 0.2) is 22.7 Å². The zero-order chi connectivity index (χ0) is 20.8. The van der Waals surface area contributed by atoms with Crippen molar-refractivity contribution in [3.8, 4) is 0 Å². The first-order valence-corrected chi connectivity index (χ1v) is 9.70. The first-order valence-electron chi connectivity index (χ1n) is 9.32. The van der Waals surface area contributed by atoms with Crippen LogP contribution in [0.1, 0.15) is 37.8 Å². The molecule has 8 nitrogen and oxygen atoms in total. The number of primary amides is 2. The Labute approximate surface area is 170 Å². The van der Waals surface area contributed by atoms with Crippen LogP contribution >= 0.6 is 11.6 Å². The van der Waals surface area contributed by atoms with Crippen molar-refractivity contribution in [1.82, 2.24) is 15.4 Å². The molecule has 28 heavy (non-hydrogen) atoms. The van der Waals surface area contributed by atoms with Crippen LogP contribution in [0.3, 0.4) is 0 Å². The third-order valence-corrected chi connectivity index (χ3v) is 4.46. The Morgan fingerprint density at radius 3 is 2.32 bits per heavy atom. The second kappa shape index (κ2) is 13.9. The molecule has 2 heterocycles. The Hall–Kier alpha value is -2.16. The molecule has 0 spiro atoms. The van der Waals surface area contributed by atoms with Crippen LogP contribution in [0.25, 0.3) is 11.0 Å².